The van der Waals surface area contributed by atoms with Crippen LogP contribution in [0.5, 0.6) is 0 Å². The van der Waals surface area contributed by atoms with Crippen LogP contribution in [0, 0.1) is 0 Å². The molecule has 0 aliphatic rings. The van der Waals surface area contributed by atoms with Crippen LogP contribution in [0.15, 0.2) is 46.9 Å². The summed E-state index contributed by atoms with van der Waals surface area (Å²) >= 11 is 1.28. The maximum Gasteiger partial charge on any atom is 0.262 e. The number of ether oxygens (including phenoxy) is 1. The molecule has 6 nitrogen and oxygen atoms in total. The molecule has 1 N–H and O–H groups in total. The number of nitrogens with zero attached hydrogens (tertiary/aromatic N) is 2. The zero-order valence-corrected chi connectivity index (χ0v) is 15.3. The normalized spacial score (nSPS) is 12.1. The number of methoxy groups -OCH3 is 1. The predicted octanol–water partition coefficient (Wildman–Crippen LogP) is 2.22. The van der Waals surface area contributed by atoms with Crippen LogP contribution in [-0.4, -0.2) is 41.0 Å². The lowest BCUT2D eigenvalue weighted by Gasteiger charge is -2.16. The fourth-order valence-corrected chi connectivity index (χ4v) is 3.29. The molecular weight excluding hydrogens is 338 g/mol. The van der Waals surface area contributed by atoms with E-state index in [0.717, 1.165) is 0 Å². The summed E-state index contributed by atoms with van der Waals surface area (Å²) < 4.78 is 6.71. The van der Waals surface area contributed by atoms with E-state index in [1.807, 2.05) is 18.2 Å². The lowest BCUT2D eigenvalue weighted by molar-refractivity contribution is -0.120. The van der Waals surface area contributed by atoms with Gasteiger partial charge in [-0.3, -0.25) is 14.2 Å². The topological polar surface area (TPSA) is 73.2 Å². The number of fused-ring (bicyclic) bond motifs is 1. The maximum absolute atomic E-state index is 12.8. The molecule has 25 heavy (non-hydrogen) atoms. The summed E-state index contributed by atoms with van der Waals surface area (Å²) in [5, 5.41) is 3.51. The first-order chi connectivity index (χ1) is 12.1. The number of aromatic nitrogens is 2. The quantitative estimate of drug-likeness (QED) is 0.321. The molecular formula is C18H23N3O3S. The van der Waals surface area contributed by atoms with Gasteiger partial charge >= 0.3 is 0 Å². The number of amides is 1. The molecule has 7 heteroatoms. The van der Waals surface area contributed by atoms with Crippen LogP contribution in [0.2, 0.25) is 0 Å². The van der Waals surface area contributed by atoms with Gasteiger partial charge in [0.05, 0.1) is 16.2 Å². The van der Waals surface area contributed by atoms with E-state index in [-0.39, 0.29) is 16.7 Å². The third-order valence-corrected chi connectivity index (χ3v) is 4.72. The Bertz CT molecular complexity index is 804. The van der Waals surface area contributed by atoms with Crippen molar-refractivity contribution in [2.45, 2.75) is 30.3 Å². The van der Waals surface area contributed by atoms with Crippen LogP contribution in [0.3, 0.4) is 0 Å². The van der Waals surface area contributed by atoms with Crippen molar-refractivity contribution in [2.24, 2.45) is 0 Å². The van der Waals surface area contributed by atoms with Crippen molar-refractivity contribution < 1.29 is 9.53 Å². The molecule has 0 radical (unpaired) electrons. The van der Waals surface area contributed by atoms with Crippen molar-refractivity contribution in [1.29, 1.82) is 0 Å². The lowest BCUT2D eigenvalue weighted by atomic mass is 10.2. The van der Waals surface area contributed by atoms with Crippen LogP contribution in [0.1, 0.15) is 13.3 Å². The molecule has 0 unspecified atom stereocenters. The minimum Gasteiger partial charge on any atom is -0.385 e. The predicted molar refractivity (Wildman–Crippen MR) is 101 cm³/mol. The Morgan fingerprint density at radius 3 is 2.96 bits per heavy atom. The monoisotopic (exact) mass is 361 g/mol. The maximum atomic E-state index is 12.8. The Hall–Kier alpha value is -2.12. The van der Waals surface area contributed by atoms with Gasteiger partial charge in [0.15, 0.2) is 5.16 Å². The van der Waals surface area contributed by atoms with Crippen molar-refractivity contribution in [3.63, 3.8) is 0 Å². The molecule has 0 saturated heterocycles. The molecule has 2 rings (SSSR count). The molecule has 2 aromatic rings. The molecule has 1 aromatic carbocycles. The molecule has 1 heterocycles. The highest BCUT2D eigenvalue weighted by atomic mass is 32.2. The number of thioether (sulfide) groups is 1. The van der Waals surface area contributed by atoms with Crippen molar-refractivity contribution in [1.82, 2.24) is 14.9 Å². The van der Waals surface area contributed by atoms with Crippen LogP contribution < -0.4 is 10.9 Å². The Kier molecular flexibility index (Phi) is 7.21. The highest BCUT2D eigenvalue weighted by Gasteiger charge is 2.18. The van der Waals surface area contributed by atoms with E-state index in [2.05, 4.69) is 16.9 Å². The van der Waals surface area contributed by atoms with Gasteiger partial charge in [-0.15, -0.1) is 6.58 Å². The van der Waals surface area contributed by atoms with Gasteiger partial charge in [0.25, 0.3) is 5.56 Å². The van der Waals surface area contributed by atoms with E-state index in [1.54, 1.807) is 30.7 Å². The minimum atomic E-state index is -0.373. The van der Waals surface area contributed by atoms with E-state index in [4.69, 9.17) is 4.74 Å². The van der Waals surface area contributed by atoms with Gasteiger partial charge in [0.2, 0.25) is 5.91 Å². The van der Waals surface area contributed by atoms with Gasteiger partial charge < -0.3 is 10.1 Å². The Morgan fingerprint density at radius 1 is 1.48 bits per heavy atom. The third kappa shape index (κ3) is 4.93. The number of benzene rings is 1. The molecule has 1 atom stereocenters. The number of hydrogen-bond donors (Lipinski definition) is 1. The van der Waals surface area contributed by atoms with Crippen LogP contribution >= 0.6 is 11.8 Å². The summed E-state index contributed by atoms with van der Waals surface area (Å²) in [4.78, 5) is 29.5. The van der Waals surface area contributed by atoms with Gasteiger partial charge in [-0.25, -0.2) is 4.98 Å². The van der Waals surface area contributed by atoms with Gasteiger partial charge in [-0.1, -0.05) is 30.0 Å². The van der Waals surface area contributed by atoms with Crippen LogP contribution in [-0.2, 0) is 16.1 Å². The van der Waals surface area contributed by atoms with Gasteiger partial charge in [0.1, 0.15) is 0 Å². The highest BCUT2D eigenvalue weighted by molar-refractivity contribution is 8.00. The molecule has 134 valence electrons. The minimum absolute atomic E-state index is 0.0945. The Labute approximate surface area is 151 Å². The number of carbonyl (C=O) groups is 1. The second kappa shape index (κ2) is 9.39. The third-order valence-electron chi connectivity index (χ3n) is 3.63. The highest BCUT2D eigenvalue weighted by Crippen LogP contribution is 2.22. The number of rotatable bonds is 9. The summed E-state index contributed by atoms with van der Waals surface area (Å²) in [5.41, 5.74) is 0.541. The summed E-state index contributed by atoms with van der Waals surface area (Å²) in [6.07, 6.45) is 2.32. The number of nitrogens with one attached hydrogen (secondary N) is 1. The zero-order chi connectivity index (χ0) is 18.2. The lowest BCUT2D eigenvalue weighted by Crippen LogP contribution is -2.32. The average molecular weight is 361 g/mol. The van der Waals surface area contributed by atoms with Crippen molar-refractivity contribution in [2.75, 3.05) is 20.3 Å². The van der Waals surface area contributed by atoms with Gasteiger partial charge in [-0.05, 0) is 25.5 Å². The Balaban J connectivity index is 2.35. The number of hydrogen-bond acceptors (Lipinski definition) is 5. The smallest absolute Gasteiger partial charge is 0.262 e. The standard InChI is InChI=1S/C18H23N3O3S/c1-4-10-19-16(22)13(2)25-18-20-15-9-6-5-8-14(15)17(23)21(18)11-7-12-24-3/h4-6,8-9,13H,1,7,10-12H2,2-3H3,(H,19,22)/t13-/m1/s1. The van der Waals surface area contributed by atoms with E-state index in [1.165, 1.54) is 11.8 Å². The molecule has 0 aliphatic heterocycles. The van der Waals surface area contributed by atoms with Crippen molar-refractivity contribution in [3.8, 4) is 0 Å². The molecule has 0 spiro atoms. The van der Waals surface area contributed by atoms with E-state index in [9.17, 15) is 9.59 Å². The van der Waals surface area contributed by atoms with Gasteiger partial charge in [-0.2, -0.15) is 0 Å². The molecule has 1 amide bonds. The van der Waals surface area contributed by atoms with E-state index >= 15 is 0 Å². The molecule has 0 aliphatic carbocycles. The van der Waals surface area contributed by atoms with E-state index in [0.29, 0.717) is 42.2 Å². The first-order valence-electron chi connectivity index (χ1n) is 8.12. The number of para-hydroxylation sites is 1. The van der Waals surface area contributed by atoms with Crippen molar-refractivity contribution in [3.05, 3.63) is 47.3 Å². The second-order valence-electron chi connectivity index (χ2n) is 5.51. The SMILES string of the molecule is C=CCNC(=O)[C@@H](C)Sc1nc2ccccc2c(=O)n1CCCOC. The largest absolute Gasteiger partial charge is 0.385 e. The fourth-order valence-electron chi connectivity index (χ4n) is 2.33. The van der Waals surface area contributed by atoms with Crippen LogP contribution in [0.4, 0.5) is 0 Å². The summed E-state index contributed by atoms with van der Waals surface area (Å²) in [7, 11) is 1.63. The first-order valence-corrected chi connectivity index (χ1v) is 9.00. The number of carbonyl (C=O) groups excluding carboxylic acids is 1. The summed E-state index contributed by atoms with van der Waals surface area (Å²) in [6, 6.07) is 7.25. The summed E-state index contributed by atoms with van der Waals surface area (Å²) in [6.45, 7) is 6.84. The second-order valence-corrected chi connectivity index (χ2v) is 6.82. The van der Waals surface area contributed by atoms with Crippen LogP contribution in [0.25, 0.3) is 10.9 Å². The van der Waals surface area contributed by atoms with E-state index < -0.39 is 0 Å². The van der Waals surface area contributed by atoms with Gasteiger partial charge in [0, 0.05) is 26.8 Å². The average Bonchev–Trinajstić information content (AvgIpc) is 2.62. The first kappa shape index (κ1) is 19.2. The fraction of sp³-hybridized carbons (Fsp3) is 0.389. The zero-order valence-electron chi connectivity index (χ0n) is 14.5. The molecule has 0 fully saturated rings. The molecule has 1 aromatic heterocycles. The Morgan fingerprint density at radius 2 is 2.24 bits per heavy atom. The summed E-state index contributed by atoms with van der Waals surface area (Å²) in [5.74, 6) is -0.115. The molecule has 0 saturated carbocycles. The molecule has 0 bridgehead atoms. The van der Waals surface area contributed by atoms with Crippen molar-refractivity contribution >= 4 is 28.6 Å².